The number of rotatable bonds is 14. The number of benzene rings is 2. The molecular weight excluding hydrogens is 485 g/mol. The zero-order valence-corrected chi connectivity index (χ0v) is 20.5. The van der Waals surface area contributed by atoms with Gasteiger partial charge in [-0.05, 0) is 36.5 Å². The Kier molecular flexibility index (Phi) is 9.41. The molecule has 3 aromatic rings. The van der Waals surface area contributed by atoms with Gasteiger partial charge in [0.05, 0.1) is 6.42 Å². The van der Waals surface area contributed by atoms with Crippen LogP contribution in [0.4, 0.5) is 0 Å². The Balaban J connectivity index is 1.61. The van der Waals surface area contributed by atoms with Crippen LogP contribution in [0.3, 0.4) is 0 Å². The lowest BCUT2D eigenvalue weighted by Gasteiger charge is -2.23. The predicted molar refractivity (Wildman–Crippen MR) is 135 cm³/mol. The molecule has 3 atom stereocenters. The highest BCUT2D eigenvalue weighted by atomic mass is 31.2. The quantitative estimate of drug-likeness (QED) is 0.141. The first-order valence-electron chi connectivity index (χ1n) is 11.6. The van der Waals surface area contributed by atoms with Gasteiger partial charge >= 0.3 is 11.9 Å². The molecular formula is C25H30N3O7P. The molecule has 0 spiro atoms. The summed E-state index contributed by atoms with van der Waals surface area (Å²) in [4.78, 5) is 49.4. The molecule has 0 radical (unpaired) electrons. The maximum absolute atomic E-state index is 12.8. The number of carbonyl (C=O) groups excluding carboxylic acids is 1. The van der Waals surface area contributed by atoms with Gasteiger partial charge in [-0.15, -0.1) is 0 Å². The summed E-state index contributed by atoms with van der Waals surface area (Å²) in [6, 6.07) is 14.0. The zero-order valence-electron chi connectivity index (χ0n) is 19.6. The molecule has 0 aliphatic carbocycles. The van der Waals surface area contributed by atoms with E-state index in [0.29, 0.717) is 24.8 Å². The number of nitrogens with one attached hydrogen (secondary N) is 3. The Hall–Kier alpha value is -3.46. The Labute approximate surface area is 208 Å². The van der Waals surface area contributed by atoms with E-state index in [4.69, 9.17) is 0 Å². The first-order valence-corrected chi connectivity index (χ1v) is 13.4. The number of aromatic nitrogens is 1. The number of carboxylic acids is 2. The third-order valence-electron chi connectivity index (χ3n) is 5.79. The van der Waals surface area contributed by atoms with E-state index in [1.807, 2.05) is 48.5 Å². The zero-order chi connectivity index (χ0) is 26.1. The summed E-state index contributed by atoms with van der Waals surface area (Å²) in [7, 11) is -4.06. The van der Waals surface area contributed by atoms with Crippen LogP contribution in [-0.2, 0) is 31.8 Å². The van der Waals surface area contributed by atoms with Gasteiger partial charge in [-0.3, -0.25) is 14.2 Å². The Bertz CT molecular complexity index is 1240. The van der Waals surface area contributed by atoms with Gasteiger partial charge in [0.25, 0.3) is 7.52 Å². The minimum Gasteiger partial charge on any atom is -0.481 e. The number of aromatic amines is 1. The van der Waals surface area contributed by atoms with Crippen LogP contribution in [0.25, 0.3) is 10.9 Å². The number of H-pyrrole nitrogens is 1. The summed E-state index contributed by atoms with van der Waals surface area (Å²) in [6.07, 6.45) is 2.40. The predicted octanol–water partition coefficient (Wildman–Crippen LogP) is 2.92. The molecule has 36 heavy (non-hydrogen) atoms. The van der Waals surface area contributed by atoms with Crippen molar-refractivity contribution in [1.82, 2.24) is 15.4 Å². The number of hydrogen-bond acceptors (Lipinski definition) is 4. The minimum absolute atomic E-state index is 0.0544. The van der Waals surface area contributed by atoms with E-state index in [2.05, 4.69) is 15.4 Å². The lowest BCUT2D eigenvalue weighted by Crippen LogP contribution is -2.51. The van der Waals surface area contributed by atoms with E-state index in [0.717, 1.165) is 16.5 Å². The van der Waals surface area contributed by atoms with E-state index >= 15 is 0 Å². The van der Waals surface area contributed by atoms with Crippen molar-refractivity contribution in [2.24, 2.45) is 0 Å². The summed E-state index contributed by atoms with van der Waals surface area (Å²) in [5, 5.41) is 24.3. The lowest BCUT2D eigenvalue weighted by atomic mass is 10.0. The van der Waals surface area contributed by atoms with Crippen molar-refractivity contribution < 1.29 is 34.1 Å². The second kappa shape index (κ2) is 12.5. The maximum Gasteiger partial charge on any atom is 0.326 e. The van der Waals surface area contributed by atoms with Gasteiger partial charge in [-0.2, -0.15) is 0 Å². The van der Waals surface area contributed by atoms with Crippen LogP contribution in [0.1, 0.15) is 30.4 Å². The van der Waals surface area contributed by atoms with Crippen LogP contribution in [0.2, 0.25) is 0 Å². The molecule has 11 heteroatoms. The van der Waals surface area contributed by atoms with Gasteiger partial charge in [0.2, 0.25) is 5.91 Å². The monoisotopic (exact) mass is 515 g/mol. The molecule has 0 bridgehead atoms. The topological polar surface area (TPSA) is 169 Å². The van der Waals surface area contributed by atoms with E-state index in [1.165, 1.54) is 0 Å². The number of hydrogen-bond donors (Lipinski definition) is 6. The fourth-order valence-corrected chi connectivity index (χ4v) is 5.45. The third-order valence-corrected chi connectivity index (χ3v) is 7.42. The van der Waals surface area contributed by atoms with Crippen LogP contribution >= 0.6 is 7.52 Å². The molecule has 1 aromatic heterocycles. The Morgan fingerprint density at radius 2 is 1.64 bits per heavy atom. The summed E-state index contributed by atoms with van der Waals surface area (Å²) in [5.41, 5.74) is 2.56. The smallest absolute Gasteiger partial charge is 0.326 e. The number of carbonyl (C=O) groups is 3. The summed E-state index contributed by atoms with van der Waals surface area (Å²) in [6.45, 7) is 0. The molecule has 2 aromatic carbocycles. The second-order valence-electron chi connectivity index (χ2n) is 8.61. The number of amides is 1. The van der Waals surface area contributed by atoms with Crippen LogP contribution in [0.15, 0.2) is 60.8 Å². The van der Waals surface area contributed by atoms with Crippen molar-refractivity contribution in [2.75, 3.05) is 6.16 Å². The first-order chi connectivity index (χ1) is 17.1. The first kappa shape index (κ1) is 27.1. The van der Waals surface area contributed by atoms with Gasteiger partial charge in [0.15, 0.2) is 0 Å². The third kappa shape index (κ3) is 8.05. The van der Waals surface area contributed by atoms with Gasteiger partial charge in [-0.25, -0.2) is 9.88 Å². The Morgan fingerprint density at radius 1 is 0.944 bits per heavy atom. The van der Waals surface area contributed by atoms with Crippen LogP contribution in [-0.4, -0.2) is 56.2 Å². The number of para-hydroxylation sites is 1. The average molecular weight is 516 g/mol. The van der Waals surface area contributed by atoms with Crippen molar-refractivity contribution >= 4 is 36.3 Å². The number of aryl methyl sites for hydroxylation is 1. The summed E-state index contributed by atoms with van der Waals surface area (Å²) >= 11 is 0. The Morgan fingerprint density at radius 3 is 2.33 bits per heavy atom. The molecule has 3 rings (SSSR count). The van der Waals surface area contributed by atoms with Crippen molar-refractivity contribution in [3.8, 4) is 0 Å². The molecule has 3 unspecified atom stereocenters. The highest BCUT2D eigenvalue weighted by molar-refractivity contribution is 7.55. The molecule has 0 aliphatic rings. The molecule has 6 N–H and O–H groups in total. The molecule has 0 aliphatic heterocycles. The number of unbranched alkanes of at least 4 members (excludes halogenated alkanes) is 1. The van der Waals surface area contributed by atoms with E-state index in [-0.39, 0.29) is 12.6 Å². The highest BCUT2D eigenvalue weighted by Crippen LogP contribution is 2.37. The van der Waals surface area contributed by atoms with E-state index in [1.54, 1.807) is 12.3 Å². The normalized spacial score (nSPS) is 14.6. The molecule has 0 saturated heterocycles. The highest BCUT2D eigenvalue weighted by Gasteiger charge is 2.32. The molecule has 1 amide bonds. The minimum atomic E-state index is -4.06. The number of aliphatic carboxylic acids is 2. The molecule has 0 fully saturated rings. The van der Waals surface area contributed by atoms with E-state index in [9.17, 15) is 34.1 Å². The van der Waals surface area contributed by atoms with E-state index < -0.39 is 43.9 Å². The number of carboxylic acid groups (broad SMARTS) is 2. The maximum atomic E-state index is 12.8. The van der Waals surface area contributed by atoms with Crippen LogP contribution < -0.4 is 10.4 Å². The van der Waals surface area contributed by atoms with Gasteiger partial charge < -0.3 is 25.4 Å². The van der Waals surface area contributed by atoms with Crippen LogP contribution in [0, 0.1) is 0 Å². The average Bonchev–Trinajstić information content (AvgIpc) is 3.24. The lowest BCUT2D eigenvalue weighted by molar-refractivity contribution is -0.142. The van der Waals surface area contributed by atoms with Gasteiger partial charge in [0.1, 0.15) is 12.1 Å². The van der Waals surface area contributed by atoms with Gasteiger partial charge in [-0.1, -0.05) is 48.5 Å². The van der Waals surface area contributed by atoms with Crippen molar-refractivity contribution in [1.29, 1.82) is 0 Å². The SMILES string of the molecule is O=C(O)CC(NP(=O)(O)CCCCc1ccccc1)C(=O)NC(Cc1c[nH]c2ccccc12)C(=O)O. The largest absolute Gasteiger partial charge is 0.481 e. The molecule has 0 saturated carbocycles. The second-order valence-corrected chi connectivity index (χ2v) is 10.7. The molecule has 10 nitrogen and oxygen atoms in total. The number of fused-ring (bicyclic) bond motifs is 1. The summed E-state index contributed by atoms with van der Waals surface area (Å²) < 4.78 is 12.7. The molecule has 1 heterocycles. The van der Waals surface area contributed by atoms with Crippen molar-refractivity contribution in [2.45, 2.75) is 44.2 Å². The van der Waals surface area contributed by atoms with Crippen molar-refractivity contribution in [3.63, 3.8) is 0 Å². The molecule has 192 valence electrons. The summed E-state index contributed by atoms with van der Waals surface area (Å²) in [5.74, 6) is -3.64. The fraction of sp³-hybridized carbons (Fsp3) is 0.320. The fourth-order valence-electron chi connectivity index (χ4n) is 3.97. The van der Waals surface area contributed by atoms with Gasteiger partial charge in [0, 0.05) is 29.7 Å². The van der Waals surface area contributed by atoms with Crippen molar-refractivity contribution in [3.05, 3.63) is 71.9 Å². The van der Waals surface area contributed by atoms with Crippen LogP contribution in [0.5, 0.6) is 0 Å². The standard InChI is InChI=1S/C25H30N3O7P/c29-23(30)15-21(28-36(34,35)13-7-6-10-17-8-2-1-3-9-17)24(31)27-22(25(32)33)14-18-16-26-20-12-5-4-11-19(18)20/h1-5,8-9,11-12,16,21-22,26H,6-7,10,13-15H2,(H,27,31)(H,29,30)(H,32,33)(H2,28,34,35).